The van der Waals surface area contributed by atoms with E-state index in [0.29, 0.717) is 12.4 Å². The van der Waals surface area contributed by atoms with Gasteiger partial charge >= 0.3 is 5.97 Å². The Labute approximate surface area is 176 Å². The third-order valence-corrected chi connectivity index (χ3v) is 5.31. The number of hydrogen-bond acceptors (Lipinski definition) is 6. The number of aromatic nitrogens is 3. The summed E-state index contributed by atoms with van der Waals surface area (Å²) in [6.45, 7) is 2.52. The molecule has 0 spiro atoms. The van der Waals surface area contributed by atoms with E-state index >= 15 is 0 Å². The average Bonchev–Trinajstić information content (AvgIpc) is 3.16. The van der Waals surface area contributed by atoms with Gasteiger partial charge < -0.3 is 14.8 Å². The number of esters is 1. The second-order valence-corrected chi connectivity index (χ2v) is 7.33. The maximum absolute atomic E-state index is 12.4. The van der Waals surface area contributed by atoms with Crippen LogP contribution in [0.1, 0.15) is 46.9 Å². The van der Waals surface area contributed by atoms with Crippen molar-refractivity contribution in [3.8, 4) is 5.75 Å². The normalized spacial score (nSPS) is 12.9. The summed E-state index contributed by atoms with van der Waals surface area (Å²) in [5, 5.41) is 11.7. The lowest BCUT2D eigenvalue weighted by Gasteiger charge is -2.17. The lowest BCUT2D eigenvalue weighted by Crippen LogP contribution is -2.11. The molecule has 3 aromatic rings. The first-order valence-corrected chi connectivity index (χ1v) is 10.3. The Morgan fingerprint density at radius 1 is 1.10 bits per heavy atom. The summed E-state index contributed by atoms with van der Waals surface area (Å²) >= 11 is 0. The smallest absolute Gasteiger partial charge is 0.362 e. The van der Waals surface area contributed by atoms with E-state index in [4.69, 9.17) is 9.47 Å². The lowest BCUT2D eigenvalue weighted by atomic mass is 9.91. The van der Waals surface area contributed by atoms with Crippen LogP contribution in [0, 0.1) is 0 Å². The van der Waals surface area contributed by atoms with Crippen molar-refractivity contribution >= 4 is 17.5 Å². The Morgan fingerprint density at radius 3 is 2.60 bits per heavy atom. The van der Waals surface area contributed by atoms with E-state index in [9.17, 15) is 4.79 Å². The number of fused-ring (bicyclic) bond motifs is 1. The van der Waals surface area contributed by atoms with Gasteiger partial charge in [-0.3, -0.25) is 0 Å². The molecule has 2 aromatic carbocycles. The van der Waals surface area contributed by atoms with Gasteiger partial charge in [0.15, 0.2) is 5.82 Å². The van der Waals surface area contributed by atoms with Gasteiger partial charge in [-0.2, -0.15) is 0 Å². The lowest BCUT2D eigenvalue weighted by molar-refractivity contribution is 0.0520. The Balaban J connectivity index is 1.64. The SMILES string of the molecule is CCOC(=O)c1nnn(Cc2ccc(OC)cc2)c1Nc1ccc2c(c1)CCCC2. The molecule has 1 aliphatic rings. The standard InChI is InChI=1S/C23H26N4O3/c1-3-30-23(28)21-22(24-19-11-10-17-6-4-5-7-18(17)14-19)27(26-25-21)15-16-8-12-20(29-2)13-9-16/h8-14,24H,3-7,15H2,1-2H3. The van der Waals surface area contributed by atoms with Crippen molar-refractivity contribution in [2.45, 2.75) is 39.2 Å². The molecule has 0 bridgehead atoms. The van der Waals surface area contributed by atoms with E-state index in [2.05, 4.69) is 27.8 Å². The molecule has 1 heterocycles. The third kappa shape index (κ3) is 4.30. The summed E-state index contributed by atoms with van der Waals surface area (Å²) in [4.78, 5) is 12.4. The number of anilines is 2. The fourth-order valence-corrected chi connectivity index (χ4v) is 3.74. The Hall–Kier alpha value is -3.35. The summed E-state index contributed by atoms with van der Waals surface area (Å²) in [7, 11) is 1.64. The second kappa shape index (κ2) is 8.98. The fourth-order valence-electron chi connectivity index (χ4n) is 3.74. The van der Waals surface area contributed by atoms with E-state index in [-0.39, 0.29) is 12.3 Å². The van der Waals surface area contributed by atoms with Crippen LogP contribution < -0.4 is 10.1 Å². The Morgan fingerprint density at radius 2 is 1.87 bits per heavy atom. The number of nitrogens with one attached hydrogen (secondary N) is 1. The van der Waals surface area contributed by atoms with Crippen LogP contribution in [-0.4, -0.2) is 34.7 Å². The highest BCUT2D eigenvalue weighted by molar-refractivity contribution is 5.93. The number of hydrogen-bond donors (Lipinski definition) is 1. The van der Waals surface area contributed by atoms with E-state index in [1.54, 1.807) is 18.7 Å². The molecule has 1 aliphatic carbocycles. The zero-order valence-corrected chi connectivity index (χ0v) is 17.4. The van der Waals surface area contributed by atoms with Gasteiger partial charge in [-0.25, -0.2) is 9.48 Å². The molecule has 0 saturated heterocycles. The number of methoxy groups -OCH3 is 1. The maximum atomic E-state index is 12.4. The number of carbonyl (C=O) groups excluding carboxylic acids is 1. The molecule has 0 atom stereocenters. The van der Waals surface area contributed by atoms with Crippen LogP contribution in [0.2, 0.25) is 0 Å². The minimum atomic E-state index is -0.487. The monoisotopic (exact) mass is 406 g/mol. The molecule has 0 aliphatic heterocycles. The first-order chi connectivity index (χ1) is 14.7. The number of nitrogens with zero attached hydrogens (tertiary/aromatic N) is 3. The molecular formula is C23H26N4O3. The van der Waals surface area contributed by atoms with Crippen LogP contribution in [0.25, 0.3) is 0 Å². The zero-order valence-electron chi connectivity index (χ0n) is 17.4. The molecule has 156 valence electrons. The average molecular weight is 406 g/mol. The first-order valence-electron chi connectivity index (χ1n) is 10.3. The van der Waals surface area contributed by atoms with E-state index < -0.39 is 5.97 Å². The van der Waals surface area contributed by atoms with Gasteiger partial charge in [-0.05, 0) is 73.6 Å². The largest absolute Gasteiger partial charge is 0.497 e. The first kappa shape index (κ1) is 19.9. The second-order valence-electron chi connectivity index (χ2n) is 7.33. The van der Waals surface area contributed by atoms with Crippen molar-refractivity contribution in [2.75, 3.05) is 19.0 Å². The third-order valence-electron chi connectivity index (χ3n) is 5.31. The highest BCUT2D eigenvalue weighted by Gasteiger charge is 2.22. The van der Waals surface area contributed by atoms with Crippen LogP contribution in [0.5, 0.6) is 5.75 Å². The molecule has 0 unspecified atom stereocenters. The number of benzene rings is 2. The van der Waals surface area contributed by atoms with Crippen molar-refractivity contribution < 1.29 is 14.3 Å². The quantitative estimate of drug-likeness (QED) is 0.595. The van der Waals surface area contributed by atoms with Gasteiger partial charge in [-0.15, -0.1) is 5.10 Å². The Kier molecular flexibility index (Phi) is 5.97. The maximum Gasteiger partial charge on any atom is 0.362 e. The minimum absolute atomic E-state index is 0.183. The van der Waals surface area contributed by atoms with Gasteiger partial charge in [0.25, 0.3) is 0 Å². The van der Waals surface area contributed by atoms with Crippen LogP contribution in [0.15, 0.2) is 42.5 Å². The van der Waals surface area contributed by atoms with Gasteiger partial charge in [0, 0.05) is 5.69 Å². The Bertz CT molecular complexity index is 1030. The summed E-state index contributed by atoms with van der Waals surface area (Å²) in [5.74, 6) is 0.830. The van der Waals surface area contributed by atoms with Crippen LogP contribution in [-0.2, 0) is 24.1 Å². The topological polar surface area (TPSA) is 78.3 Å². The number of rotatable bonds is 7. The highest BCUT2D eigenvalue weighted by Crippen LogP contribution is 2.27. The van der Waals surface area contributed by atoms with Gasteiger partial charge in [-0.1, -0.05) is 23.4 Å². The van der Waals surface area contributed by atoms with Gasteiger partial charge in [0.05, 0.1) is 20.3 Å². The minimum Gasteiger partial charge on any atom is -0.497 e. The summed E-state index contributed by atoms with van der Waals surface area (Å²) in [5.41, 5.74) is 4.88. The predicted octanol–water partition coefficient (Wildman–Crippen LogP) is 4.13. The molecule has 0 saturated carbocycles. The summed E-state index contributed by atoms with van der Waals surface area (Å²) in [6.07, 6.45) is 4.66. The molecule has 0 fully saturated rings. The van der Waals surface area contributed by atoms with Crippen molar-refractivity contribution in [1.29, 1.82) is 0 Å². The molecule has 7 heteroatoms. The summed E-state index contributed by atoms with van der Waals surface area (Å²) < 4.78 is 12.1. The molecule has 7 nitrogen and oxygen atoms in total. The van der Waals surface area contributed by atoms with Crippen molar-refractivity contribution in [3.63, 3.8) is 0 Å². The predicted molar refractivity (Wildman–Crippen MR) is 114 cm³/mol. The van der Waals surface area contributed by atoms with Crippen LogP contribution in [0.3, 0.4) is 0 Å². The van der Waals surface area contributed by atoms with Crippen LogP contribution >= 0.6 is 0 Å². The molecule has 4 rings (SSSR count). The highest BCUT2D eigenvalue weighted by atomic mass is 16.5. The van der Waals surface area contributed by atoms with Gasteiger partial charge in [0.1, 0.15) is 5.75 Å². The van der Waals surface area contributed by atoms with E-state index in [1.807, 2.05) is 30.3 Å². The zero-order chi connectivity index (χ0) is 20.9. The molecule has 1 N–H and O–H groups in total. The fraction of sp³-hybridized carbons (Fsp3) is 0.348. The van der Waals surface area contributed by atoms with E-state index in [1.165, 1.54) is 24.0 Å². The number of carbonyl (C=O) groups is 1. The van der Waals surface area contributed by atoms with Crippen molar-refractivity contribution in [3.05, 3.63) is 64.8 Å². The molecular weight excluding hydrogens is 380 g/mol. The van der Waals surface area contributed by atoms with Crippen LogP contribution in [0.4, 0.5) is 11.5 Å². The van der Waals surface area contributed by atoms with E-state index in [0.717, 1.165) is 29.8 Å². The molecule has 30 heavy (non-hydrogen) atoms. The molecule has 0 radical (unpaired) electrons. The van der Waals surface area contributed by atoms with Gasteiger partial charge in [0.2, 0.25) is 5.69 Å². The molecule has 0 amide bonds. The summed E-state index contributed by atoms with van der Waals surface area (Å²) in [6, 6.07) is 14.1. The number of ether oxygens (including phenoxy) is 2. The molecule has 1 aromatic heterocycles. The van der Waals surface area contributed by atoms with Crippen molar-refractivity contribution in [1.82, 2.24) is 15.0 Å². The van der Waals surface area contributed by atoms with Crippen molar-refractivity contribution in [2.24, 2.45) is 0 Å². The number of aryl methyl sites for hydroxylation is 2.